The van der Waals surface area contributed by atoms with Gasteiger partial charge in [0.05, 0.1) is 0 Å². The number of amides is 1. The summed E-state index contributed by atoms with van der Waals surface area (Å²) in [6.07, 6.45) is 0.971. The Morgan fingerprint density at radius 3 is 2.42 bits per heavy atom. The lowest BCUT2D eigenvalue weighted by molar-refractivity contribution is 0.0951. The molecule has 0 spiro atoms. The van der Waals surface area contributed by atoms with E-state index in [4.69, 9.17) is 11.6 Å². The normalized spacial score (nSPS) is 15.1. The number of carbonyl (C=O) groups is 1. The first kappa shape index (κ1) is 18.7. The van der Waals surface area contributed by atoms with E-state index in [9.17, 15) is 4.79 Å². The summed E-state index contributed by atoms with van der Waals surface area (Å²) in [5, 5.41) is 3.81. The Morgan fingerprint density at radius 2 is 1.73 bits per heavy atom. The van der Waals surface area contributed by atoms with E-state index in [1.165, 1.54) is 5.69 Å². The molecule has 1 N–H and O–H groups in total. The second kappa shape index (κ2) is 9.06. The van der Waals surface area contributed by atoms with Gasteiger partial charge in [-0.25, -0.2) is 0 Å². The fourth-order valence-electron chi connectivity index (χ4n) is 3.31. The average molecular weight is 372 g/mol. The van der Waals surface area contributed by atoms with Gasteiger partial charge in [-0.2, -0.15) is 0 Å². The molecule has 4 nitrogen and oxygen atoms in total. The van der Waals surface area contributed by atoms with Crippen LogP contribution in [0.25, 0.3) is 0 Å². The number of benzene rings is 2. The summed E-state index contributed by atoms with van der Waals surface area (Å²) >= 11 is 5.96. The quantitative estimate of drug-likeness (QED) is 0.788. The van der Waals surface area contributed by atoms with Crippen molar-refractivity contribution in [1.82, 2.24) is 10.2 Å². The topological polar surface area (TPSA) is 35.6 Å². The SMILES string of the molecule is Cc1ccccc1C(=O)NCCCN1CCN(c2ccc(Cl)cc2)CC1. The zero-order valence-corrected chi connectivity index (χ0v) is 16.0. The first-order chi connectivity index (χ1) is 12.6. The van der Waals surface area contributed by atoms with Crippen LogP contribution in [0.4, 0.5) is 5.69 Å². The third-order valence-electron chi connectivity index (χ3n) is 4.89. The third kappa shape index (κ3) is 4.99. The van der Waals surface area contributed by atoms with Crippen LogP contribution >= 0.6 is 11.6 Å². The highest BCUT2D eigenvalue weighted by atomic mass is 35.5. The van der Waals surface area contributed by atoms with E-state index in [1.807, 2.05) is 43.3 Å². The van der Waals surface area contributed by atoms with Crippen molar-refractivity contribution < 1.29 is 4.79 Å². The molecule has 0 unspecified atom stereocenters. The summed E-state index contributed by atoms with van der Waals surface area (Å²) in [6.45, 7) is 7.85. The van der Waals surface area contributed by atoms with Gasteiger partial charge in [0.1, 0.15) is 0 Å². The molecule has 1 saturated heterocycles. The summed E-state index contributed by atoms with van der Waals surface area (Å²) in [5.41, 5.74) is 3.02. The van der Waals surface area contributed by atoms with E-state index in [1.54, 1.807) is 0 Å². The molecule has 1 amide bonds. The van der Waals surface area contributed by atoms with Gasteiger partial charge < -0.3 is 10.2 Å². The van der Waals surface area contributed by atoms with E-state index < -0.39 is 0 Å². The number of rotatable bonds is 6. The average Bonchev–Trinajstić information content (AvgIpc) is 2.66. The van der Waals surface area contributed by atoms with Crippen LogP contribution in [-0.2, 0) is 0 Å². The number of carbonyl (C=O) groups excluding carboxylic acids is 1. The van der Waals surface area contributed by atoms with E-state index >= 15 is 0 Å². The van der Waals surface area contributed by atoms with Crippen LogP contribution in [-0.4, -0.2) is 50.1 Å². The highest BCUT2D eigenvalue weighted by molar-refractivity contribution is 6.30. The number of aryl methyl sites for hydroxylation is 1. The fraction of sp³-hybridized carbons (Fsp3) is 0.381. The Morgan fingerprint density at radius 1 is 1.04 bits per heavy atom. The standard InChI is InChI=1S/C21H26ClN3O/c1-17-5-2-3-6-20(17)21(26)23-11-4-12-24-13-15-25(16-14-24)19-9-7-18(22)8-10-19/h2-3,5-10H,4,11-16H2,1H3,(H,23,26). The number of nitrogens with one attached hydrogen (secondary N) is 1. The molecule has 138 valence electrons. The fourth-order valence-corrected chi connectivity index (χ4v) is 3.44. The Balaban J connectivity index is 1.36. The minimum absolute atomic E-state index is 0.0238. The molecular weight excluding hydrogens is 346 g/mol. The number of halogens is 1. The van der Waals surface area contributed by atoms with Gasteiger partial charge in [-0.05, 0) is 55.8 Å². The van der Waals surface area contributed by atoms with Gasteiger partial charge in [-0.3, -0.25) is 9.69 Å². The van der Waals surface area contributed by atoms with Crippen molar-refractivity contribution in [3.05, 3.63) is 64.7 Å². The zero-order valence-electron chi connectivity index (χ0n) is 15.2. The Labute approximate surface area is 160 Å². The molecule has 3 rings (SSSR count). The van der Waals surface area contributed by atoms with Crippen molar-refractivity contribution in [3.63, 3.8) is 0 Å². The maximum absolute atomic E-state index is 12.2. The van der Waals surface area contributed by atoms with E-state index in [0.717, 1.165) is 55.3 Å². The molecule has 1 fully saturated rings. The Hall–Kier alpha value is -2.04. The molecule has 5 heteroatoms. The zero-order chi connectivity index (χ0) is 18.4. The summed E-state index contributed by atoms with van der Waals surface area (Å²) in [4.78, 5) is 17.1. The second-order valence-corrected chi connectivity index (χ2v) is 7.17. The number of piperazine rings is 1. The summed E-state index contributed by atoms with van der Waals surface area (Å²) < 4.78 is 0. The molecule has 0 aliphatic carbocycles. The maximum atomic E-state index is 12.2. The lowest BCUT2D eigenvalue weighted by Crippen LogP contribution is -2.47. The molecule has 0 bridgehead atoms. The van der Waals surface area contributed by atoms with Crippen molar-refractivity contribution >= 4 is 23.2 Å². The van der Waals surface area contributed by atoms with Gasteiger partial charge in [0, 0.05) is 49.0 Å². The van der Waals surface area contributed by atoms with Gasteiger partial charge >= 0.3 is 0 Å². The van der Waals surface area contributed by atoms with Crippen LogP contribution in [0.5, 0.6) is 0 Å². The summed E-state index contributed by atoms with van der Waals surface area (Å²) in [6, 6.07) is 15.8. The Bertz CT molecular complexity index is 724. The van der Waals surface area contributed by atoms with Gasteiger partial charge in [0.2, 0.25) is 0 Å². The van der Waals surface area contributed by atoms with Crippen LogP contribution in [0.15, 0.2) is 48.5 Å². The molecule has 0 atom stereocenters. The summed E-state index contributed by atoms with van der Waals surface area (Å²) in [5.74, 6) is 0.0238. The predicted molar refractivity (Wildman–Crippen MR) is 108 cm³/mol. The van der Waals surface area contributed by atoms with Crippen LogP contribution < -0.4 is 10.2 Å². The monoisotopic (exact) mass is 371 g/mol. The van der Waals surface area contributed by atoms with Crippen LogP contribution in [0.1, 0.15) is 22.3 Å². The minimum atomic E-state index is 0.0238. The number of hydrogen-bond acceptors (Lipinski definition) is 3. The first-order valence-electron chi connectivity index (χ1n) is 9.20. The largest absolute Gasteiger partial charge is 0.369 e. The van der Waals surface area contributed by atoms with Crippen molar-refractivity contribution in [2.45, 2.75) is 13.3 Å². The van der Waals surface area contributed by atoms with Crippen LogP contribution in [0.3, 0.4) is 0 Å². The molecule has 0 saturated carbocycles. The van der Waals surface area contributed by atoms with Crippen molar-refractivity contribution in [3.8, 4) is 0 Å². The highest BCUT2D eigenvalue weighted by Gasteiger charge is 2.17. The third-order valence-corrected chi connectivity index (χ3v) is 5.14. The second-order valence-electron chi connectivity index (χ2n) is 6.73. The molecule has 1 heterocycles. The molecular formula is C21H26ClN3O. The van der Waals surface area contributed by atoms with Crippen LogP contribution in [0.2, 0.25) is 5.02 Å². The number of anilines is 1. The smallest absolute Gasteiger partial charge is 0.251 e. The van der Waals surface area contributed by atoms with Crippen molar-refractivity contribution in [1.29, 1.82) is 0 Å². The van der Waals surface area contributed by atoms with E-state index in [0.29, 0.717) is 6.54 Å². The predicted octanol–water partition coefficient (Wildman–Crippen LogP) is 3.59. The van der Waals surface area contributed by atoms with Crippen molar-refractivity contribution in [2.24, 2.45) is 0 Å². The Kier molecular flexibility index (Phi) is 6.53. The molecule has 2 aromatic rings. The number of nitrogens with zero attached hydrogens (tertiary/aromatic N) is 2. The minimum Gasteiger partial charge on any atom is -0.369 e. The highest BCUT2D eigenvalue weighted by Crippen LogP contribution is 2.19. The lowest BCUT2D eigenvalue weighted by atomic mass is 10.1. The molecule has 0 radical (unpaired) electrons. The van der Waals surface area contributed by atoms with Crippen molar-refractivity contribution in [2.75, 3.05) is 44.2 Å². The van der Waals surface area contributed by atoms with E-state index in [2.05, 4.69) is 27.2 Å². The molecule has 1 aliphatic heterocycles. The van der Waals surface area contributed by atoms with E-state index in [-0.39, 0.29) is 5.91 Å². The maximum Gasteiger partial charge on any atom is 0.251 e. The summed E-state index contributed by atoms with van der Waals surface area (Å²) in [7, 11) is 0. The van der Waals surface area contributed by atoms with Gasteiger partial charge in [0.15, 0.2) is 0 Å². The van der Waals surface area contributed by atoms with Gasteiger partial charge in [-0.1, -0.05) is 29.8 Å². The molecule has 26 heavy (non-hydrogen) atoms. The lowest BCUT2D eigenvalue weighted by Gasteiger charge is -2.36. The van der Waals surface area contributed by atoms with Crippen LogP contribution in [0, 0.1) is 6.92 Å². The van der Waals surface area contributed by atoms with Gasteiger partial charge in [0.25, 0.3) is 5.91 Å². The number of hydrogen-bond donors (Lipinski definition) is 1. The van der Waals surface area contributed by atoms with Gasteiger partial charge in [-0.15, -0.1) is 0 Å². The molecule has 2 aromatic carbocycles. The first-order valence-corrected chi connectivity index (χ1v) is 9.58. The molecule has 1 aliphatic rings. The molecule has 0 aromatic heterocycles.